The molecule has 2 N–H and O–H groups in total. The number of carbonyl (C=O) groups is 1. The molecule has 0 atom stereocenters. The summed E-state index contributed by atoms with van der Waals surface area (Å²) >= 11 is 0. The number of hydrogen-bond donors (Lipinski definition) is 2. The Morgan fingerprint density at radius 2 is 1.93 bits per heavy atom. The van der Waals surface area contributed by atoms with Gasteiger partial charge in [0.15, 0.2) is 0 Å². The number of amides is 1. The molecular weight excluding hydrogens is 368 g/mol. The zero-order valence-electron chi connectivity index (χ0n) is 15.6. The molecule has 0 unspecified atom stereocenters. The number of rotatable bonds is 3. The summed E-state index contributed by atoms with van der Waals surface area (Å²) in [6.45, 7) is 0. The van der Waals surface area contributed by atoms with Crippen LogP contribution in [0.2, 0.25) is 0 Å². The number of H-pyrrole nitrogens is 1. The first-order valence-corrected chi connectivity index (χ1v) is 9.51. The number of nitrogens with one attached hydrogen (secondary N) is 2. The van der Waals surface area contributed by atoms with Crippen LogP contribution in [0.3, 0.4) is 0 Å². The number of benzene rings is 2. The van der Waals surface area contributed by atoms with Gasteiger partial charge in [0.25, 0.3) is 11.5 Å². The third-order valence-electron chi connectivity index (χ3n) is 5.31. The second kappa shape index (κ2) is 6.97. The minimum absolute atomic E-state index is 0.0233. The number of pyridine rings is 1. The first kappa shape index (κ1) is 17.3. The lowest BCUT2D eigenvalue weighted by Gasteiger charge is -2.17. The van der Waals surface area contributed by atoms with E-state index in [9.17, 15) is 9.59 Å². The highest BCUT2D eigenvalue weighted by molar-refractivity contribution is 6.05. The molecule has 0 aliphatic heterocycles. The summed E-state index contributed by atoms with van der Waals surface area (Å²) in [4.78, 5) is 28.1. The van der Waals surface area contributed by atoms with E-state index in [1.54, 1.807) is 18.2 Å². The van der Waals surface area contributed by atoms with Crippen LogP contribution in [0.1, 0.15) is 34.3 Å². The highest BCUT2D eigenvalue weighted by Gasteiger charge is 2.17. The van der Waals surface area contributed by atoms with Crippen molar-refractivity contribution in [3.63, 3.8) is 0 Å². The Morgan fingerprint density at radius 3 is 2.76 bits per heavy atom. The number of aromatic amines is 1. The van der Waals surface area contributed by atoms with Crippen molar-refractivity contribution in [2.45, 2.75) is 25.7 Å². The van der Waals surface area contributed by atoms with E-state index in [0.29, 0.717) is 16.9 Å². The summed E-state index contributed by atoms with van der Waals surface area (Å²) in [5.41, 5.74) is 4.57. The molecule has 4 aromatic rings. The lowest BCUT2D eigenvalue weighted by Crippen LogP contribution is -2.19. The zero-order valence-corrected chi connectivity index (χ0v) is 15.6. The zero-order chi connectivity index (χ0) is 19.8. The van der Waals surface area contributed by atoms with Gasteiger partial charge in [-0.1, -0.05) is 12.1 Å². The number of hydrogen-bond acceptors (Lipinski definition) is 5. The summed E-state index contributed by atoms with van der Waals surface area (Å²) in [7, 11) is 0. The molecule has 0 fully saturated rings. The van der Waals surface area contributed by atoms with Gasteiger partial charge in [-0.05, 0) is 72.0 Å². The molecule has 1 amide bonds. The molecule has 1 aliphatic rings. The number of nitrogens with zero attached hydrogens (tertiary/aromatic N) is 4. The number of aryl methyl sites for hydroxylation is 1. The fourth-order valence-electron chi connectivity index (χ4n) is 3.91. The van der Waals surface area contributed by atoms with Crippen LogP contribution in [0, 0.1) is 0 Å². The molecule has 0 saturated carbocycles. The van der Waals surface area contributed by atoms with Crippen molar-refractivity contribution >= 4 is 22.5 Å². The Balaban J connectivity index is 1.45. The molecule has 1 aliphatic carbocycles. The van der Waals surface area contributed by atoms with E-state index in [-0.39, 0.29) is 11.5 Å². The topological polar surface area (TPSA) is 106 Å². The fraction of sp³-hybridized carbons (Fsp3) is 0.190. The van der Waals surface area contributed by atoms with Crippen molar-refractivity contribution in [1.82, 2.24) is 25.2 Å². The standard InChI is InChI=1S/C21H18N6O2/c28-20(13-4-3-5-15(10-13)27-12-22-25-26-27)23-14-8-9-17-16-6-1-2-7-18(16)21(29)24-19(17)11-14/h3-5,8-12H,1-2,6-7H2,(H,23,28)(H,24,29). The first-order chi connectivity index (χ1) is 14.2. The van der Waals surface area contributed by atoms with Crippen LogP contribution in [-0.2, 0) is 12.8 Å². The minimum Gasteiger partial charge on any atom is -0.322 e. The van der Waals surface area contributed by atoms with E-state index in [1.165, 1.54) is 11.0 Å². The van der Waals surface area contributed by atoms with Crippen LogP contribution in [0.5, 0.6) is 0 Å². The number of fused-ring (bicyclic) bond motifs is 3. The molecule has 2 aromatic heterocycles. The van der Waals surface area contributed by atoms with Crippen LogP contribution in [0.4, 0.5) is 5.69 Å². The monoisotopic (exact) mass is 386 g/mol. The van der Waals surface area contributed by atoms with Crippen LogP contribution in [0.25, 0.3) is 16.6 Å². The van der Waals surface area contributed by atoms with Gasteiger partial charge in [0.05, 0.1) is 11.2 Å². The quantitative estimate of drug-likeness (QED) is 0.563. The molecule has 8 heteroatoms. The molecular formula is C21H18N6O2. The largest absolute Gasteiger partial charge is 0.322 e. The van der Waals surface area contributed by atoms with Crippen LogP contribution >= 0.6 is 0 Å². The number of tetrazole rings is 1. The van der Waals surface area contributed by atoms with Crippen molar-refractivity contribution in [2.24, 2.45) is 0 Å². The Labute approximate surface area is 165 Å². The van der Waals surface area contributed by atoms with Crippen molar-refractivity contribution in [3.8, 4) is 5.69 Å². The smallest absolute Gasteiger partial charge is 0.255 e. The molecule has 0 spiro atoms. The Hall–Kier alpha value is -3.81. The van der Waals surface area contributed by atoms with Gasteiger partial charge in [-0.3, -0.25) is 9.59 Å². The summed E-state index contributed by atoms with van der Waals surface area (Å²) in [5, 5.41) is 15.0. The average molecular weight is 386 g/mol. The van der Waals surface area contributed by atoms with Crippen LogP contribution in [0.15, 0.2) is 53.6 Å². The summed E-state index contributed by atoms with van der Waals surface area (Å²) in [6.07, 6.45) is 5.38. The number of carbonyl (C=O) groups excluding carboxylic acids is 1. The summed E-state index contributed by atoms with van der Waals surface area (Å²) in [5.74, 6) is -0.250. The average Bonchev–Trinajstić information content (AvgIpc) is 3.29. The van der Waals surface area contributed by atoms with E-state index in [4.69, 9.17) is 0 Å². The van der Waals surface area contributed by atoms with Gasteiger partial charge in [-0.2, -0.15) is 0 Å². The van der Waals surface area contributed by atoms with Gasteiger partial charge >= 0.3 is 0 Å². The van der Waals surface area contributed by atoms with Crippen molar-refractivity contribution in [2.75, 3.05) is 5.32 Å². The van der Waals surface area contributed by atoms with Gasteiger partial charge in [0, 0.05) is 22.2 Å². The second-order valence-electron chi connectivity index (χ2n) is 7.14. The summed E-state index contributed by atoms with van der Waals surface area (Å²) in [6, 6.07) is 12.7. The molecule has 5 rings (SSSR count). The predicted octanol–water partition coefficient (Wildman–Crippen LogP) is 2.63. The Kier molecular flexibility index (Phi) is 4.16. The SMILES string of the molecule is O=C(Nc1ccc2c3c(c(=O)[nH]c2c1)CCCC3)c1cccc(-n2cnnn2)c1. The normalized spacial score (nSPS) is 13.2. The maximum absolute atomic E-state index is 12.7. The molecule has 144 valence electrons. The van der Waals surface area contributed by atoms with Crippen LogP contribution < -0.4 is 10.9 Å². The molecule has 0 radical (unpaired) electrons. The van der Waals surface area contributed by atoms with E-state index >= 15 is 0 Å². The third-order valence-corrected chi connectivity index (χ3v) is 5.31. The third kappa shape index (κ3) is 3.18. The lowest BCUT2D eigenvalue weighted by atomic mass is 9.90. The summed E-state index contributed by atoms with van der Waals surface area (Å²) < 4.78 is 1.49. The van der Waals surface area contributed by atoms with E-state index in [1.807, 2.05) is 24.3 Å². The highest BCUT2D eigenvalue weighted by Crippen LogP contribution is 2.27. The molecule has 0 saturated heterocycles. The molecule has 0 bridgehead atoms. The Morgan fingerprint density at radius 1 is 1.07 bits per heavy atom. The molecule has 2 aromatic carbocycles. The van der Waals surface area contributed by atoms with Gasteiger partial charge in [-0.25, -0.2) is 4.68 Å². The van der Waals surface area contributed by atoms with E-state index in [0.717, 1.165) is 47.7 Å². The van der Waals surface area contributed by atoms with Gasteiger partial charge in [0.1, 0.15) is 6.33 Å². The predicted molar refractivity (Wildman–Crippen MR) is 108 cm³/mol. The highest BCUT2D eigenvalue weighted by atomic mass is 16.1. The van der Waals surface area contributed by atoms with Crippen molar-refractivity contribution in [3.05, 3.63) is 75.8 Å². The van der Waals surface area contributed by atoms with Crippen molar-refractivity contribution < 1.29 is 4.79 Å². The van der Waals surface area contributed by atoms with E-state index in [2.05, 4.69) is 25.8 Å². The van der Waals surface area contributed by atoms with Gasteiger partial charge in [-0.15, -0.1) is 5.10 Å². The maximum atomic E-state index is 12.7. The minimum atomic E-state index is -0.250. The van der Waals surface area contributed by atoms with Crippen LogP contribution in [-0.4, -0.2) is 31.1 Å². The van der Waals surface area contributed by atoms with Gasteiger partial charge < -0.3 is 10.3 Å². The molecule has 8 nitrogen and oxygen atoms in total. The first-order valence-electron chi connectivity index (χ1n) is 9.51. The lowest BCUT2D eigenvalue weighted by molar-refractivity contribution is 0.102. The van der Waals surface area contributed by atoms with Crippen molar-refractivity contribution in [1.29, 1.82) is 0 Å². The maximum Gasteiger partial charge on any atom is 0.255 e. The molecule has 29 heavy (non-hydrogen) atoms. The van der Waals surface area contributed by atoms with E-state index < -0.39 is 0 Å². The second-order valence-corrected chi connectivity index (χ2v) is 7.14. The van der Waals surface area contributed by atoms with Gasteiger partial charge in [0.2, 0.25) is 0 Å². The number of anilines is 1. The Bertz CT molecular complexity index is 1280. The fourth-order valence-corrected chi connectivity index (χ4v) is 3.91. The molecule has 2 heterocycles. The number of aromatic nitrogens is 5.